The Morgan fingerprint density at radius 2 is 0.867 bits per heavy atom. The molecular formula is C20H36N2O8+. The predicted molar refractivity (Wildman–Crippen MR) is 108 cm³/mol. The summed E-state index contributed by atoms with van der Waals surface area (Å²) in [4.78, 5) is 43.9. The first-order chi connectivity index (χ1) is 14.2. The van der Waals surface area contributed by atoms with Gasteiger partial charge in [0.15, 0.2) is 0 Å². The minimum absolute atomic E-state index is 0.310. The first-order valence-corrected chi connectivity index (χ1v) is 10.3. The van der Waals surface area contributed by atoms with Crippen LogP contribution in [-0.4, -0.2) is 81.5 Å². The van der Waals surface area contributed by atoms with Gasteiger partial charge in [0.05, 0.1) is 39.5 Å². The van der Waals surface area contributed by atoms with Crippen LogP contribution in [0.1, 0.15) is 53.4 Å². The Morgan fingerprint density at radius 1 is 0.567 bits per heavy atom. The third-order valence-corrected chi connectivity index (χ3v) is 3.86. The van der Waals surface area contributed by atoms with Crippen molar-refractivity contribution in [2.24, 2.45) is 0 Å². The molecule has 0 aromatic rings. The monoisotopic (exact) mass is 432 g/mol. The van der Waals surface area contributed by atoms with E-state index in [1.807, 2.05) is 0 Å². The van der Waals surface area contributed by atoms with Crippen LogP contribution in [0.2, 0.25) is 0 Å². The molecule has 0 unspecified atom stereocenters. The minimum atomic E-state index is -0.323. The topological polar surface area (TPSA) is 114 Å². The predicted octanol–water partition coefficient (Wildman–Crippen LogP) is 1.16. The van der Waals surface area contributed by atoms with Crippen LogP contribution in [0.15, 0.2) is 0 Å². The molecule has 0 spiro atoms. The summed E-state index contributed by atoms with van der Waals surface area (Å²) in [6.45, 7) is 9.25. The van der Waals surface area contributed by atoms with Crippen molar-refractivity contribution in [1.82, 2.24) is 10.0 Å². The highest BCUT2D eigenvalue weighted by molar-refractivity contribution is 5.66. The van der Waals surface area contributed by atoms with E-state index >= 15 is 0 Å². The molecule has 30 heavy (non-hydrogen) atoms. The standard InChI is InChI=1S/C20H36N2O8/c1-17(23)27-13-5-9-21(10-6-14-28-18(2)24)22(11-7-15-29-19(3)25)12-8-16-30-20(4)26/h5-16H2,1-4H3/q+1. The highest BCUT2D eigenvalue weighted by Crippen LogP contribution is 2.04. The molecule has 0 bridgehead atoms. The van der Waals surface area contributed by atoms with Gasteiger partial charge in [-0.25, -0.2) is 0 Å². The zero-order chi connectivity index (χ0) is 22.8. The van der Waals surface area contributed by atoms with Gasteiger partial charge in [-0.2, -0.15) is 0 Å². The molecule has 0 aliphatic carbocycles. The zero-order valence-corrected chi connectivity index (χ0v) is 18.6. The fraction of sp³-hybridized carbons (Fsp3) is 0.800. The lowest BCUT2D eigenvalue weighted by Crippen LogP contribution is -2.50. The molecule has 0 aliphatic heterocycles. The van der Waals surface area contributed by atoms with E-state index in [4.69, 9.17) is 18.9 Å². The van der Waals surface area contributed by atoms with Crippen LogP contribution in [0, 0.1) is 0 Å². The minimum Gasteiger partial charge on any atom is -0.466 e. The molecule has 0 aromatic heterocycles. The van der Waals surface area contributed by atoms with E-state index in [1.165, 1.54) is 27.7 Å². The number of hydrogen-bond donors (Lipinski definition) is 0. The summed E-state index contributed by atoms with van der Waals surface area (Å²) in [7, 11) is 0. The number of carbonyl (C=O) groups is 4. The molecule has 1 radical (unpaired) electrons. The maximum Gasteiger partial charge on any atom is 0.302 e. The lowest BCUT2D eigenvalue weighted by molar-refractivity contribution is -0.143. The lowest BCUT2D eigenvalue weighted by atomic mass is 10.3. The SMILES string of the molecule is CC(=O)OCCCN(CCCOC(C)=O)[N+](CCCOC(C)=O)CCCOC(C)=O. The third kappa shape index (κ3) is 17.9. The number of hydrazine groups is 1. The van der Waals surface area contributed by atoms with E-state index in [2.05, 4.69) is 10.0 Å². The van der Waals surface area contributed by atoms with Crippen LogP contribution < -0.4 is 5.01 Å². The third-order valence-electron chi connectivity index (χ3n) is 3.86. The van der Waals surface area contributed by atoms with Crippen LogP contribution in [0.25, 0.3) is 0 Å². The molecule has 173 valence electrons. The van der Waals surface area contributed by atoms with E-state index in [-0.39, 0.29) is 23.9 Å². The Morgan fingerprint density at radius 3 is 1.17 bits per heavy atom. The number of rotatable bonds is 17. The Bertz CT molecular complexity index is 437. The van der Waals surface area contributed by atoms with E-state index in [1.54, 1.807) is 0 Å². The smallest absolute Gasteiger partial charge is 0.302 e. The molecule has 0 amide bonds. The van der Waals surface area contributed by atoms with E-state index < -0.39 is 0 Å². The lowest BCUT2D eigenvalue weighted by Gasteiger charge is -2.25. The van der Waals surface area contributed by atoms with Crippen molar-refractivity contribution in [3.05, 3.63) is 0 Å². The van der Waals surface area contributed by atoms with Gasteiger partial charge in [0, 0.05) is 40.5 Å². The molecule has 0 N–H and O–H groups in total. The summed E-state index contributed by atoms with van der Waals surface area (Å²) in [6.07, 6.45) is 2.55. The zero-order valence-electron chi connectivity index (χ0n) is 18.6. The Balaban J connectivity index is 4.83. The quantitative estimate of drug-likeness (QED) is 0.110. The first kappa shape index (κ1) is 27.8. The summed E-state index contributed by atoms with van der Waals surface area (Å²) in [6, 6.07) is 0. The van der Waals surface area contributed by atoms with Crippen molar-refractivity contribution >= 4 is 23.9 Å². The molecule has 0 saturated carbocycles. The first-order valence-electron chi connectivity index (χ1n) is 10.3. The van der Waals surface area contributed by atoms with Gasteiger partial charge < -0.3 is 18.9 Å². The van der Waals surface area contributed by atoms with Crippen molar-refractivity contribution < 1.29 is 38.1 Å². The summed E-state index contributed by atoms with van der Waals surface area (Å²) in [5, 5.41) is 4.21. The Labute approximate surface area is 178 Å². The fourth-order valence-corrected chi connectivity index (χ4v) is 2.64. The molecular weight excluding hydrogens is 396 g/mol. The van der Waals surface area contributed by atoms with Crippen LogP contribution in [0.4, 0.5) is 0 Å². The molecule has 0 fully saturated rings. The number of nitrogens with zero attached hydrogens (tertiary/aromatic N) is 2. The second-order valence-electron chi connectivity index (χ2n) is 6.68. The van der Waals surface area contributed by atoms with Crippen molar-refractivity contribution in [2.75, 3.05) is 52.6 Å². The van der Waals surface area contributed by atoms with Gasteiger partial charge in [0.25, 0.3) is 0 Å². The molecule has 0 aliphatic rings. The number of esters is 4. The van der Waals surface area contributed by atoms with Gasteiger partial charge in [-0.05, 0) is 12.8 Å². The largest absolute Gasteiger partial charge is 0.466 e. The van der Waals surface area contributed by atoms with Gasteiger partial charge in [-0.3, -0.25) is 19.2 Å². The Kier molecular flexibility index (Phi) is 16.3. The van der Waals surface area contributed by atoms with Crippen LogP contribution in [-0.2, 0) is 38.1 Å². The van der Waals surface area contributed by atoms with E-state index in [0.717, 1.165) is 0 Å². The maximum atomic E-state index is 11.0. The van der Waals surface area contributed by atoms with Crippen molar-refractivity contribution in [3.8, 4) is 0 Å². The fourth-order valence-electron chi connectivity index (χ4n) is 2.64. The second-order valence-corrected chi connectivity index (χ2v) is 6.68. The van der Waals surface area contributed by atoms with Gasteiger partial charge in [0.2, 0.25) is 0 Å². The van der Waals surface area contributed by atoms with Gasteiger partial charge >= 0.3 is 23.9 Å². The molecule has 10 heteroatoms. The summed E-state index contributed by atoms with van der Waals surface area (Å²) in [5.74, 6) is -1.29. The van der Waals surface area contributed by atoms with Crippen molar-refractivity contribution in [2.45, 2.75) is 53.4 Å². The van der Waals surface area contributed by atoms with Crippen LogP contribution in [0.3, 0.4) is 0 Å². The Hall–Kier alpha value is -2.20. The van der Waals surface area contributed by atoms with Gasteiger partial charge in [-0.15, -0.1) is 5.01 Å². The summed E-state index contributed by atoms with van der Waals surface area (Å²) >= 11 is 0. The molecule has 0 saturated heterocycles. The maximum absolute atomic E-state index is 11.0. The molecule has 0 rings (SSSR count). The average Bonchev–Trinajstić information content (AvgIpc) is 2.64. The summed E-state index contributed by atoms with van der Waals surface area (Å²) < 4.78 is 20.0. The average molecular weight is 433 g/mol. The van der Waals surface area contributed by atoms with Crippen LogP contribution in [0.5, 0.6) is 0 Å². The highest BCUT2D eigenvalue weighted by atomic mass is 16.5. The van der Waals surface area contributed by atoms with E-state index in [0.29, 0.717) is 78.3 Å². The second kappa shape index (κ2) is 17.6. The highest BCUT2D eigenvalue weighted by Gasteiger charge is 2.25. The van der Waals surface area contributed by atoms with Crippen LogP contribution >= 0.6 is 0 Å². The summed E-state index contributed by atoms with van der Waals surface area (Å²) in [5.41, 5.74) is 0. The molecule has 0 heterocycles. The number of carbonyl (C=O) groups excluding carboxylic acids is 4. The van der Waals surface area contributed by atoms with Gasteiger partial charge in [0.1, 0.15) is 13.1 Å². The number of hydrogen-bond acceptors (Lipinski definition) is 10. The van der Waals surface area contributed by atoms with E-state index in [9.17, 15) is 19.2 Å². The van der Waals surface area contributed by atoms with Crippen molar-refractivity contribution in [3.63, 3.8) is 0 Å². The molecule has 10 nitrogen and oxygen atoms in total. The molecule has 0 aromatic carbocycles. The van der Waals surface area contributed by atoms with Crippen molar-refractivity contribution in [1.29, 1.82) is 0 Å². The van der Waals surface area contributed by atoms with Gasteiger partial charge in [-0.1, -0.05) is 5.01 Å². The molecule has 0 atom stereocenters. The normalized spacial score (nSPS) is 10.7. The number of ether oxygens (including phenoxy) is 4.